The quantitative estimate of drug-likeness (QED) is 0.593. The van der Waals surface area contributed by atoms with E-state index < -0.39 is 5.60 Å². The molecule has 0 saturated heterocycles. The molecule has 0 heterocycles. The van der Waals surface area contributed by atoms with E-state index in [0.717, 1.165) is 5.57 Å². The van der Waals surface area contributed by atoms with Crippen LogP contribution in [-0.2, 0) is 0 Å². The van der Waals surface area contributed by atoms with Crippen LogP contribution >= 0.6 is 0 Å². The van der Waals surface area contributed by atoms with E-state index in [2.05, 4.69) is 6.58 Å². The van der Waals surface area contributed by atoms with Crippen molar-refractivity contribution in [3.63, 3.8) is 0 Å². The van der Waals surface area contributed by atoms with Crippen LogP contribution in [0.1, 0.15) is 27.7 Å². The summed E-state index contributed by atoms with van der Waals surface area (Å²) in [5, 5.41) is 10.0. The van der Waals surface area contributed by atoms with Crippen LogP contribution in [0.25, 0.3) is 0 Å². The van der Waals surface area contributed by atoms with Crippen LogP contribution in [0, 0.1) is 5.41 Å². The van der Waals surface area contributed by atoms with Gasteiger partial charge in [-0.15, -0.1) is 0 Å². The van der Waals surface area contributed by atoms with E-state index in [-0.39, 0.29) is 12.0 Å². The standard InChI is InChI=1S/C9H19NO/c1-7(2)9(11,6-10)8(3,4)5/h11H,1,6,10H2,2-5H3. The summed E-state index contributed by atoms with van der Waals surface area (Å²) in [7, 11) is 0. The third-order valence-electron chi connectivity index (χ3n) is 2.24. The molecule has 0 aromatic carbocycles. The van der Waals surface area contributed by atoms with Crippen molar-refractivity contribution in [3.05, 3.63) is 12.2 Å². The Hall–Kier alpha value is -0.340. The first-order chi connectivity index (χ1) is 4.75. The molecule has 0 amide bonds. The summed E-state index contributed by atoms with van der Waals surface area (Å²) in [5.41, 5.74) is 5.03. The Labute approximate surface area is 69.1 Å². The highest BCUT2D eigenvalue weighted by Crippen LogP contribution is 2.34. The molecule has 0 spiro atoms. The average molecular weight is 157 g/mol. The van der Waals surface area contributed by atoms with Crippen LogP contribution < -0.4 is 5.73 Å². The smallest absolute Gasteiger partial charge is 0.102 e. The Bertz CT molecular complexity index is 157. The molecule has 66 valence electrons. The molecular weight excluding hydrogens is 138 g/mol. The van der Waals surface area contributed by atoms with E-state index in [4.69, 9.17) is 5.73 Å². The first-order valence-electron chi connectivity index (χ1n) is 3.84. The Morgan fingerprint density at radius 1 is 1.45 bits per heavy atom. The van der Waals surface area contributed by atoms with Crippen molar-refractivity contribution in [1.82, 2.24) is 0 Å². The first kappa shape index (κ1) is 10.7. The monoisotopic (exact) mass is 157 g/mol. The molecule has 1 unspecified atom stereocenters. The highest BCUT2D eigenvalue weighted by Gasteiger charge is 2.39. The summed E-state index contributed by atoms with van der Waals surface area (Å²) in [4.78, 5) is 0. The molecule has 0 fully saturated rings. The minimum Gasteiger partial charge on any atom is -0.384 e. The Balaban J connectivity index is 4.75. The van der Waals surface area contributed by atoms with Crippen molar-refractivity contribution < 1.29 is 5.11 Å². The Morgan fingerprint density at radius 2 is 1.82 bits per heavy atom. The fourth-order valence-corrected chi connectivity index (χ4v) is 1.12. The first-order valence-corrected chi connectivity index (χ1v) is 3.84. The van der Waals surface area contributed by atoms with Crippen molar-refractivity contribution in [2.24, 2.45) is 11.1 Å². The number of rotatable bonds is 2. The minimum absolute atomic E-state index is 0.228. The Morgan fingerprint density at radius 3 is 1.82 bits per heavy atom. The predicted octanol–water partition coefficient (Wildman–Crippen LogP) is 1.30. The highest BCUT2D eigenvalue weighted by atomic mass is 16.3. The molecule has 0 aliphatic carbocycles. The van der Waals surface area contributed by atoms with Crippen LogP contribution in [0.5, 0.6) is 0 Å². The molecule has 0 aliphatic rings. The van der Waals surface area contributed by atoms with Gasteiger partial charge in [0.05, 0.1) is 0 Å². The second-order valence-corrected chi connectivity index (χ2v) is 4.09. The van der Waals surface area contributed by atoms with E-state index in [1.165, 1.54) is 0 Å². The van der Waals surface area contributed by atoms with Crippen LogP contribution in [0.15, 0.2) is 12.2 Å². The second-order valence-electron chi connectivity index (χ2n) is 4.09. The molecule has 0 bridgehead atoms. The molecule has 2 heteroatoms. The van der Waals surface area contributed by atoms with Gasteiger partial charge in [-0.1, -0.05) is 27.4 Å². The van der Waals surface area contributed by atoms with Gasteiger partial charge in [0, 0.05) is 6.54 Å². The number of hydrogen-bond acceptors (Lipinski definition) is 2. The molecule has 0 rings (SSSR count). The van der Waals surface area contributed by atoms with Gasteiger partial charge < -0.3 is 10.8 Å². The molecular formula is C9H19NO. The molecule has 11 heavy (non-hydrogen) atoms. The lowest BCUT2D eigenvalue weighted by Gasteiger charge is -2.40. The third-order valence-corrected chi connectivity index (χ3v) is 2.24. The molecule has 0 aromatic heterocycles. The summed E-state index contributed by atoms with van der Waals surface area (Å²) in [6.07, 6.45) is 0. The largest absolute Gasteiger partial charge is 0.384 e. The number of hydrogen-bond donors (Lipinski definition) is 2. The van der Waals surface area contributed by atoms with Crippen molar-refractivity contribution >= 4 is 0 Å². The zero-order valence-electron chi connectivity index (χ0n) is 7.94. The van der Waals surface area contributed by atoms with Crippen molar-refractivity contribution in [1.29, 1.82) is 0 Å². The molecule has 0 aromatic rings. The fourth-order valence-electron chi connectivity index (χ4n) is 1.12. The molecule has 0 saturated carbocycles. The molecule has 0 radical (unpaired) electrons. The highest BCUT2D eigenvalue weighted by molar-refractivity contribution is 5.15. The van der Waals surface area contributed by atoms with Crippen molar-refractivity contribution in [3.8, 4) is 0 Å². The lowest BCUT2D eigenvalue weighted by atomic mass is 9.73. The van der Waals surface area contributed by atoms with Gasteiger partial charge in [-0.3, -0.25) is 0 Å². The summed E-state index contributed by atoms with van der Waals surface area (Å²) in [6.45, 7) is 11.6. The summed E-state index contributed by atoms with van der Waals surface area (Å²) in [6, 6.07) is 0. The molecule has 0 aliphatic heterocycles. The Kier molecular flexibility index (Phi) is 2.86. The summed E-state index contributed by atoms with van der Waals surface area (Å²) < 4.78 is 0. The lowest BCUT2D eigenvalue weighted by molar-refractivity contribution is -0.0156. The van der Waals surface area contributed by atoms with E-state index >= 15 is 0 Å². The van der Waals surface area contributed by atoms with Gasteiger partial charge in [0.2, 0.25) is 0 Å². The second kappa shape index (κ2) is 2.95. The van der Waals surface area contributed by atoms with Gasteiger partial charge in [-0.2, -0.15) is 0 Å². The minimum atomic E-state index is -0.938. The van der Waals surface area contributed by atoms with Crippen molar-refractivity contribution in [2.75, 3.05) is 6.54 Å². The van der Waals surface area contributed by atoms with Crippen LogP contribution in [-0.4, -0.2) is 17.3 Å². The average Bonchev–Trinajstić information content (AvgIpc) is 1.83. The van der Waals surface area contributed by atoms with E-state index in [1.807, 2.05) is 20.8 Å². The maximum absolute atomic E-state index is 10.0. The maximum Gasteiger partial charge on any atom is 0.102 e. The van der Waals surface area contributed by atoms with E-state index in [9.17, 15) is 5.11 Å². The van der Waals surface area contributed by atoms with Crippen LogP contribution in [0.3, 0.4) is 0 Å². The van der Waals surface area contributed by atoms with Crippen LogP contribution in [0.4, 0.5) is 0 Å². The van der Waals surface area contributed by atoms with Gasteiger partial charge >= 0.3 is 0 Å². The van der Waals surface area contributed by atoms with Crippen LogP contribution in [0.2, 0.25) is 0 Å². The SMILES string of the molecule is C=C(C)C(O)(CN)C(C)(C)C. The zero-order valence-corrected chi connectivity index (χ0v) is 7.94. The van der Waals surface area contributed by atoms with Gasteiger partial charge in [0.15, 0.2) is 0 Å². The maximum atomic E-state index is 10.0. The molecule has 2 nitrogen and oxygen atoms in total. The van der Waals surface area contributed by atoms with E-state index in [1.54, 1.807) is 6.92 Å². The predicted molar refractivity (Wildman–Crippen MR) is 48.3 cm³/mol. The van der Waals surface area contributed by atoms with Gasteiger partial charge in [-0.05, 0) is 17.9 Å². The third kappa shape index (κ3) is 1.82. The van der Waals surface area contributed by atoms with Crippen molar-refractivity contribution in [2.45, 2.75) is 33.3 Å². The van der Waals surface area contributed by atoms with Gasteiger partial charge in [0.1, 0.15) is 5.60 Å². The van der Waals surface area contributed by atoms with Gasteiger partial charge in [-0.25, -0.2) is 0 Å². The number of aliphatic hydroxyl groups is 1. The van der Waals surface area contributed by atoms with Gasteiger partial charge in [0.25, 0.3) is 0 Å². The fraction of sp³-hybridized carbons (Fsp3) is 0.778. The zero-order chi connectivity index (χ0) is 9.28. The molecule has 1 atom stereocenters. The lowest BCUT2D eigenvalue weighted by Crippen LogP contribution is -2.49. The molecule has 3 N–H and O–H groups in total. The summed E-state index contributed by atoms with van der Waals surface area (Å²) >= 11 is 0. The number of nitrogens with two attached hydrogens (primary N) is 1. The summed E-state index contributed by atoms with van der Waals surface area (Å²) in [5.74, 6) is 0. The topological polar surface area (TPSA) is 46.2 Å². The normalized spacial score (nSPS) is 17.6. The van der Waals surface area contributed by atoms with E-state index in [0.29, 0.717) is 0 Å².